The predicted octanol–water partition coefficient (Wildman–Crippen LogP) is 1.04. The third kappa shape index (κ3) is 3.80. The molecule has 2 atom stereocenters. The molecule has 1 aliphatic heterocycles. The van der Waals surface area contributed by atoms with Crippen molar-refractivity contribution >= 4 is 27.3 Å². The second kappa shape index (κ2) is 6.18. The minimum absolute atomic E-state index is 0.0427. The quantitative estimate of drug-likeness (QED) is 0.888. The second-order valence-corrected chi connectivity index (χ2v) is 8.68. The number of hydrogen-bond donors (Lipinski definition) is 1. The molecule has 120 valence electrons. The maximum absolute atomic E-state index is 12.0. The van der Waals surface area contributed by atoms with Crippen molar-refractivity contribution in [1.82, 2.24) is 10.2 Å². The highest BCUT2D eigenvalue weighted by Gasteiger charge is 2.40. The molecule has 3 rings (SSSR count). The Bertz CT molecular complexity index is 663. The molecule has 1 amide bonds. The molecule has 0 unspecified atom stereocenters. The molecule has 1 aromatic carbocycles. The number of amides is 1. The summed E-state index contributed by atoms with van der Waals surface area (Å²) in [6, 6.07) is 7.84. The van der Waals surface area contributed by atoms with Crippen LogP contribution in [-0.4, -0.2) is 56.4 Å². The summed E-state index contributed by atoms with van der Waals surface area (Å²) in [5.74, 6) is 0.538. The van der Waals surface area contributed by atoms with Crippen LogP contribution in [0.2, 0.25) is 5.02 Å². The molecule has 2 fully saturated rings. The number of benzene rings is 1. The molecule has 0 bridgehead atoms. The van der Waals surface area contributed by atoms with Crippen LogP contribution >= 0.6 is 11.6 Å². The summed E-state index contributed by atoms with van der Waals surface area (Å²) in [7, 11) is -2.90. The number of sulfone groups is 1. The van der Waals surface area contributed by atoms with Crippen molar-refractivity contribution < 1.29 is 13.2 Å². The first-order chi connectivity index (χ1) is 10.4. The van der Waals surface area contributed by atoms with E-state index in [0.717, 1.165) is 17.0 Å². The molecule has 0 radical (unpaired) electrons. The number of carbonyl (C=O) groups is 1. The summed E-state index contributed by atoms with van der Waals surface area (Å²) in [5.41, 5.74) is 1.08. The van der Waals surface area contributed by atoms with E-state index >= 15 is 0 Å². The van der Waals surface area contributed by atoms with Gasteiger partial charge in [0.05, 0.1) is 18.1 Å². The summed E-state index contributed by atoms with van der Waals surface area (Å²) in [6.07, 6.45) is 0.907. The summed E-state index contributed by atoms with van der Waals surface area (Å²) in [6.45, 7) is 1.14. The highest BCUT2D eigenvalue weighted by Crippen LogP contribution is 2.43. The van der Waals surface area contributed by atoms with Gasteiger partial charge in [-0.3, -0.25) is 9.69 Å². The lowest BCUT2D eigenvalue weighted by atomic mass is 10.1. The molecule has 1 saturated carbocycles. The Labute approximate surface area is 135 Å². The molecule has 1 aromatic rings. The first kappa shape index (κ1) is 15.8. The molecule has 0 aromatic heterocycles. The van der Waals surface area contributed by atoms with Crippen molar-refractivity contribution in [2.24, 2.45) is 0 Å². The van der Waals surface area contributed by atoms with Crippen LogP contribution in [0.3, 0.4) is 0 Å². The third-order valence-corrected chi connectivity index (χ3v) is 6.20. The highest BCUT2D eigenvalue weighted by molar-refractivity contribution is 7.91. The van der Waals surface area contributed by atoms with Gasteiger partial charge >= 0.3 is 0 Å². The van der Waals surface area contributed by atoms with Crippen LogP contribution in [0, 0.1) is 0 Å². The summed E-state index contributed by atoms with van der Waals surface area (Å²) in [4.78, 5) is 13.9. The molecule has 7 heteroatoms. The normalized spacial score (nSPS) is 27.3. The van der Waals surface area contributed by atoms with Gasteiger partial charge in [0.2, 0.25) is 5.91 Å². The van der Waals surface area contributed by atoms with Crippen LogP contribution in [0.4, 0.5) is 0 Å². The Balaban J connectivity index is 1.47. The van der Waals surface area contributed by atoms with Crippen molar-refractivity contribution in [2.75, 3.05) is 31.1 Å². The van der Waals surface area contributed by atoms with Crippen LogP contribution < -0.4 is 5.32 Å². The van der Waals surface area contributed by atoms with Crippen molar-refractivity contribution in [3.8, 4) is 0 Å². The minimum atomic E-state index is -2.90. The highest BCUT2D eigenvalue weighted by atomic mass is 35.5. The Morgan fingerprint density at radius 1 is 1.27 bits per heavy atom. The number of nitrogens with zero attached hydrogens (tertiary/aromatic N) is 1. The largest absolute Gasteiger partial charge is 0.352 e. The smallest absolute Gasteiger partial charge is 0.234 e. The van der Waals surface area contributed by atoms with E-state index in [0.29, 0.717) is 19.0 Å². The van der Waals surface area contributed by atoms with Gasteiger partial charge in [-0.2, -0.15) is 0 Å². The SMILES string of the molecule is O=C(CN1CCS(=O)(=O)CC1)N[C@@H]1C[C@H]1c1ccccc1Cl. The van der Waals surface area contributed by atoms with Crippen LogP contribution in [0.5, 0.6) is 0 Å². The average molecular weight is 343 g/mol. The van der Waals surface area contributed by atoms with Gasteiger partial charge in [-0.25, -0.2) is 8.42 Å². The van der Waals surface area contributed by atoms with Gasteiger partial charge in [0.1, 0.15) is 0 Å². The molecular formula is C15H19ClN2O3S. The molecule has 1 heterocycles. The lowest BCUT2D eigenvalue weighted by molar-refractivity contribution is -0.122. The van der Waals surface area contributed by atoms with Crippen LogP contribution in [0.15, 0.2) is 24.3 Å². The number of rotatable bonds is 4. The zero-order chi connectivity index (χ0) is 15.7. The standard InChI is InChI=1S/C15H19ClN2O3S/c16-13-4-2-1-3-11(13)12-9-14(12)17-15(19)10-18-5-7-22(20,21)8-6-18/h1-4,12,14H,5-10H2,(H,17,19)/t12-,14+/m0/s1. The van der Waals surface area contributed by atoms with E-state index in [1.54, 1.807) is 0 Å². The Morgan fingerprint density at radius 3 is 2.64 bits per heavy atom. The molecular weight excluding hydrogens is 324 g/mol. The minimum Gasteiger partial charge on any atom is -0.352 e. The predicted molar refractivity (Wildman–Crippen MR) is 85.8 cm³/mol. The van der Waals surface area contributed by atoms with Crippen molar-refractivity contribution in [3.63, 3.8) is 0 Å². The topological polar surface area (TPSA) is 66.5 Å². The summed E-state index contributed by atoms with van der Waals surface area (Å²) < 4.78 is 22.7. The van der Waals surface area contributed by atoms with E-state index in [1.807, 2.05) is 29.2 Å². The second-order valence-electron chi connectivity index (χ2n) is 5.97. The van der Waals surface area contributed by atoms with Crippen molar-refractivity contribution in [1.29, 1.82) is 0 Å². The van der Waals surface area contributed by atoms with Crippen molar-refractivity contribution in [3.05, 3.63) is 34.9 Å². The lowest BCUT2D eigenvalue weighted by Crippen LogP contribution is -2.45. The molecule has 5 nitrogen and oxygen atoms in total. The Morgan fingerprint density at radius 2 is 1.95 bits per heavy atom. The zero-order valence-corrected chi connectivity index (χ0v) is 13.7. The number of hydrogen-bond acceptors (Lipinski definition) is 4. The van der Waals surface area contributed by atoms with Gasteiger partial charge in [0, 0.05) is 30.1 Å². The molecule has 1 N–H and O–H groups in total. The summed E-state index contributed by atoms with van der Waals surface area (Å²) in [5, 5.41) is 3.75. The molecule has 2 aliphatic rings. The fourth-order valence-corrected chi connectivity index (χ4v) is 4.39. The van der Waals surface area contributed by atoms with Crippen LogP contribution in [0.25, 0.3) is 0 Å². The van der Waals surface area contributed by atoms with Gasteiger partial charge < -0.3 is 5.32 Å². The third-order valence-electron chi connectivity index (χ3n) is 4.25. The molecule has 1 aliphatic carbocycles. The van der Waals surface area contributed by atoms with Gasteiger partial charge in [-0.05, 0) is 18.1 Å². The van der Waals surface area contributed by atoms with E-state index in [1.165, 1.54) is 0 Å². The number of halogens is 1. The molecule has 1 saturated heterocycles. The Hall–Kier alpha value is -1.11. The lowest BCUT2D eigenvalue weighted by Gasteiger charge is -2.25. The fourth-order valence-electron chi connectivity index (χ4n) is 2.84. The van der Waals surface area contributed by atoms with E-state index in [9.17, 15) is 13.2 Å². The number of nitrogens with one attached hydrogen (secondary N) is 1. The number of carbonyl (C=O) groups excluding carboxylic acids is 1. The summed E-state index contributed by atoms with van der Waals surface area (Å²) >= 11 is 6.17. The van der Waals surface area contributed by atoms with Gasteiger partial charge in [-0.1, -0.05) is 29.8 Å². The van der Waals surface area contributed by atoms with E-state index < -0.39 is 9.84 Å². The maximum Gasteiger partial charge on any atom is 0.234 e. The van der Waals surface area contributed by atoms with E-state index in [-0.39, 0.29) is 30.0 Å². The maximum atomic E-state index is 12.0. The first-order valence-corrected chi connectivity index (χ1v) is 9.61. The molecule has 0 spiro atoms. The van der Waals surface area contributed by atoms with Crippen molar-refractivity contribution in [2.45, 2.75) is 18.4 Å². The van der Waals surface area contributed by atoms with E-state index in [4.69, 9.17) is 11.6 Å². The van der Waals surface area contributed by atoms with Crippen LogP contribution in [0.1, 0.15) is 17.9 Å². The molecule has 22 heavy (non-hydrogen) atoms. The first-order valence-electron chi connectivity index (χ1n) is 7.41. The monoisotopic (exact) mass is 342 g/mol. The van der Waals surface area contributed by atoms with Crippen LogP contribution in [-0.2, 0) is 14.6 Å². The van der Waals surface area contributed by atoms with E-state index in [2.05, 4.69) is 5.32 Å². The van der Waals surface area contributed by atoms with Gasteiger partial charge in [0.15, 0.2) is 9.84 Å². The average Bonchev–Trinajstić information content (AvgIpc) is 3.20. The van der Waals surface area contributed by atoms with Gasteiger partial charge in [0.25, 0.3) is 0 Å². The fraction of sp³-hybridized carbons (Fsp3) is 0.533. The van der Waals surface area contributed by atoms with Gasteiger partial charge in [-0.15, -0.1) is 0 Å². The zero-order valence-electron chi connectivity index (χ0n) is 12.2. The Kier molecular flexibility index (Phi) is 4.43.